The van der Waals surface area contributed by atoms with Crippen molar-refractivity contribution in [2.45, 2.75) is 39.1 Å². The number of hydrogen-bond donors (Lipinski definition) is 0. The molecule has 0 radical (unpaired) electrons. The molecule has 0 N–H and O–H groups in total. The van der Waals surface area contributed by atoms with E-state index >= 15 is 0 Å². The Labute approximate surface area is 236 Å². The number of ether oxygens (including phenoxy) is 3. The molecule has 4 aromatic rings. The number of rotatable bonds is 8. The number of fused-ring (bicyclic) bond motifs is 1. The van der Waals surface area contributed by atoms with E-state index in [2.05, 4.69) is 32.9 Å². The third-order valence-electron chi connectivity index (χ3n) is 7.13. The highest BCUT2D eigenvalue weighted by Crippen LogP contribution is 2.47. The van der Waals surface area contributed by atoms with Gasteiger partial charge in [0.1, 0.15) is 23.6 Å². The van der Waals surface area contributed by atoms with Crippen molar-refractivity contribution in [3.63, 3.8) is 0 Å². The van der Waals surface area contributed by atoms with Crippen LogP contribution in [0, 0.1) is 5.92 Å². The van der Waals surface area contributed by atoms with Gasteiger partial charge in [0.05, 0.1) is 4.47 Å². The maximum absolute atomic E-state index is 9.16. The number of aromatic nitrogens is 1. The molecule has 0 fully saturated rings. The molecule has 0 bridgehead atoms. The second-order valence-electron chi connectivity index (χ2n) is 9.56. The molecule has 0 aliphatic carbocycles. The zero-order valence-electron chi connectivity index (χ0n) is 22.0. The van der Waals surface area contributed by atoms with Crippen LogP contribution in [0.1, 0.15) is 43.5 Å². The van der Waals surface area contributed by atoms with Crippen LogP contribution in [0.3, 0.4) is 0 Å². The normalized spacial score (nSPS) is 20.6. The van der Waals surface area contributed by atoms with Crippen LogP contribution in [0.2, 0.25) is 0 Å². The highest BCUT2D eigenvalue weighted by atomic mass is 79.9. The number of azide groups is 1. The van der Waals surface area contributed by atoms with Gasteiger partial charge >= 0.3 is 0 Å². The Morgan fingerprint density at radius 3 is 2.56 bits per heavy atom. The fraction of sp³-hybridized carbons (Fsp3) is 0.258. The molecule has 0 amide bonds. The summed E-state index contributed by atoms with van der Waals surface area (Å²) in [7, 11) is 0. The molecule has 198 valence electrons. The first-order valence-electron chi connectivity index (χ1n) is 12.9. The minimum Gasteiger partial charge on any atom is -0.485 e. The molecule has 0 saturated heterocycles. The van der Waals surface area contributed by atoms with Gasteiger partial charge in [0.2, 0.25) is 5.79 Å². The van der Waals surface area contributed by atoms with E-state index < -0.39 is 5.79 Å². The molecule has 2 heterocycles. The molecule has 3 unspecified atom stereocenters. The van der Waals surface area contributed by atoms with E-state index in [0.717, 1.165) is 26.5 Å². The van der Waals surface area contributed by atoms with E-state index in [0.29, 0.717) is 36.1 Å². The summed E-state index contributed by atoms with van der Waals surface area (Å²) in [5, 5.41) is 4.90. The summed E-state index contributed by atoms with van der Waals surface area (Å²) in [6.45, 7) is 6.88. The second-order valence-corrected chi connectivity index (χ2v) is 10.4. The third kappa shape index (κ3) is 5.50. The highest BCUT2D eigenvalue weighted by molar-refractivity contribution is 9.10. The topological polar surface area (TPSA) is 89.3 Å². The Morgan fingerprint density at radius 1 is 1.05 bits per heavy atom. The van der Waals surface area contributed by atoms with Gasteiger partial charge in [-0.05, 0) is 57.7 Å². The van der Waals surface area contributed by atoms with Gasteiger partial charge in [-0.15, -0.1) is 0 Å². The summed E-state index contributed by atoms with van der Waals surface area (Å²) in [6, 6.07) is 25.6. The molecule has 8 heteroatoms. The lowest BCUT2D eigenvalue weighted by atomic mass is 9.79. The van der Waals surface area contributed by atoms with Crippen LogP contribution >= 0.6 is 15.9 Å². The van der Waals surface area contributed by atoms with Crippen molar-refractivity contribution >= 4 is 38.3 Å². The third-order valence-corrected chi connectivity index (χ3v) is 7.76. The van der Waals surface area contributed by atoms with Crippen molar-refractivity contribution < 1.29 is 14.2 Å². The first-order valence-corrected chi connectivity index (χ1v) is 13.7. The molecule has 3 atom stereocenters. The summed E-state index contributed by atoms with van der Waals surface area (Å²) >= 11 is 3.65. The van der Waals surface area contributed by atoms with E-state index in [1.807, 2.05) is 98.8 Å². The lowest BCUT2D eigenvalue weighted by Gasteiger charge is -2.43. The zero-order valence-corrected chi connectivity index (χ0v) is 23.6. The predicted molar refractivity (Wildman–Crippen MR) is 156 cm³/mol. The fourth-order valence-corrected chi connectivity index (χ4v) is 5.41. The van der Waals surface area contributed by atoms with Crippen LogP contribution in [0.25, 0.3) is 27.1 Å². The van der Waals surface area contributed by atoms with Gasteiger partial charge in [0.15, 0.2) is 5.75 Å². The molecule has 39 heavy (non-hydrogen) atoms. The van der Waals surface area contributed by atoms with Crippen LogP contribution in [0.4, 0.5) is 5.69 Å². The number of pyridine rings is 1. The van der Waals surface area contributed by atoms with E-state index in [1.165, 1.54) is 0 Å². The maximum atomic E-state index is 9.16. The monoisotopic (exact) mass is 584 g/mol. The Balaban J connectivity index is 1.60. The molecule has 1 aliphatic heterocycles. The SMILES string of the molecule is CCOC1(C)OC(c2ccc3ccc(Br)c(OCc4ccccc4)c3n2)=CC(c2ccccc2N=[N+]=[N-])C1C. The van der Waals surface area contributed by atoms with Gasteiger partial charge in [-0.3, -0.25) is 0 Å². The van der Waals surface area contributed by atoms with Crippen molar-refractivity contribution in [1.82, 2.24) is 4.98 Å². The minimum absolute atomic E-state index is 0.0735. The first-order chi connectivity index (χ1) is 18.9. The van der Waals surface area contributed by atoms with Crippen molar-refractivity contribution in [3.8, 4) is 5.75 Å². The fourth-order valence-electron chi connectivity index (χ4n) is 4.97. The lowest BCUT2D eigenvalue weighted by molar-refractivity contribution is -0.222. The van der Waals surface area contributed by atoms with E-state index in [-0.39, 0.29) is 11.8 Å². The average Bonchev–Trinajstić information content (AvgIpc) is 2.95. The van der Waals surface area contributed by atoms with Crippen LogP contribution in [0.5, 0.6) is 5.75 Å². The molecule has 7 nitrogen and oxygen atoms in total. The second kappa shape index (κ2) is 11.5. The van der Waals surface area contributed by atoms with Crippen LogP contribution in [-0.4, -0.2) is 17.4 Å². The first kappa shape index (κ1) is 26.8. The molecule has 0 saturated carbocycles. The standard InChI is InChI=1S/C31H29BrN4O3/c1-4-38-31(3)20(2)24(23-12-8-9-13-26(23)35-36-33)18-28(39-31)27-17-15-22-14-16-25(32)30(29(22)34-27)37-19-21-10-6-5-7-11-21/h5-18,20,24H,4,19H2,1-3H3. The molecule has 1 aromatic heterocycles. The van der Waals surface area contributed by atoms with Gasteiger partial charge in [-0.2, -0.15) is 0 Å². The Kier molecular flexibility index (Phi) is 7.89. The average molecular weight is 586 g/mol. The van der Waals surface area contributed by atoms with Crippen molar-refractivity contribution in [3.05, 3.63) is 117 Å². The smallest absolute Gasteiger partial charge is 0.211 e. The quantitative estimate of drug-likeness (QED) is 0.117. The van der Waals surface area contributed by atoms with Gasteiger partial charge in [0.25, 0.3) is 0 Å². The Morgan fingerprint density at radius 2 is 1.79 bits per heavy atom. The van der Waals surface area contributed by atoms with Crippen LogP contribution in [0.15, 0.2) is 94.5 Å². The summed E-state index contributed by atoms with van der Waals surface area (Å²) in [5.41, 5.74) is 13.1. The molecular formula is C31H29BrN4O3. The van der Waals surface area contributed by atoms with Crippen LogP contribution in [-0.2, 0) is 16.1 Å². The minimum atomic E-state index is -0.923. The summed E-state index contributed by atoms with van der Waals surface area (Å²) in [5.74, 6) is 0.131. The van der Waals surface area contributed by atoms with Crippen molar-refractivity contribution in [2.24, 2.45) is 11.0 Å². The van der Waals surface area contributed by atoms with Gasteiger partial charge in [-0.25, -0.2) is 4.98 Å². The van der Waals surface area contributed by atoms with Crippen molar-refractivity contribution in [2.75, 3.05) is 6.61 Å². The van der Waals surface area contributed by atoms with Gasteiger partial charge in [-0.1, -0.05) is 78.8 Å². The zero-order chi connectivity index (χ0) is 27.4. The summed E-state index contributed by atoms with van der Waals surface area (Å²) in [4.78, 5) is 8.06. The number of nitrogens with zero attached hydrogens (tertiary/aromatic N) is 4. The molecule has 1 aliphatic rings. The van der Waals surface area contributed by atoms with Crippen molar-refractivity contribution in [1.29, 1.82) is 0 Å². The molecule has 3 aromatic carbocycles. The predicted octanol–water partition coefficient (Wildman–Crippen LogP) is 9.06. The Hall–Kier alpha value is -3.84. The van der Waals surface area contributed by atoms with Gasteiger partial charge in [0, 0.05) is 41.4 Å². The number of hydrogen-bond acceptors (Lipinski definition) is 5. The summed E-state index contributed by atoms with van der Waals surface area (Å²) < 4.78 is 19.8. The molecule has 5 rings (SSSR count). The highest BCUT2D eigenvalue weighted by Gasteiger charge is 2.44. The lowest BCUT2D eigenvalue weighted by Crippen LogP contribution is -2.44. The van der Waals surface area contributed by atoms with Gasteiger partial charge < -0.3 is 14.2 Å². The largest absolute Gasteiger partial charge is 0.485 e. The van der Waals surface area contributed by atoms with E-state index in [1.54, 1.807) is 0 Å². The number of benzene rings is 3. The number of halogens is 1. The Bertz CT molecular complexity index is 1570. The molecule has 0 spiro atoms. The number of allylic oxidation sites excluding steroid dienone is 1. The van der Waals surface area contributed by atoms with E-state index in [9.17, 15) is 0 Å². The summed E-state index contributed by atoms with van der Waals surface area (Å²) in [6.07, 6.45) is 2.05. The van der Waals surface area contributed by atoms with Crippen LogP contribution < -0.4 is 4.74 Å². The van der Waals surface area contributed by atoms with E-state index in [4.69, 9.17) is 24.7 Å². The molecular weight excluding hydrogens is 556 g/mol. The maximum Gasteiger partial charge on any atom is 0.211 e.